The maximum absolute atomic E-state index is 13.0. The van der Waals surface area contributed by atoms with Crippen LogP contribution in [0.3, 0.4) is 0 Å². The first-order chi connectivity index (χ1) is 17.2. The number of hydrogen-bond acceptors (Lipinski definition) is 6. The van der Waals surface area contributed by atoms with Gasteiger partial charge in [0.2, 0.25) is 10.0 Å². The smallest absolute Gasteiger partial charge is 0.329 e. The molecule has 194 valence electrons. The number of ether oxygens (including phenoxy) is 1. The van der Waals surface area contributed by atoms with E-state index in [2.05, 4.69) is 10.6 Å². The van der Waals surface area contributed by atoms with Gasteiger partial charge in [0.05, 0.1) is 4.90 Å². The number of carbonyl (C=O) groups excluding carboxylic acids is 3. The summed E-state index contributed by atoms with van der Waals surface area (Å²) in [5, 5.41) is 5.22. The SMILES string of the molecule is CC(C)[C@H](NC(=O)c1ccccc1)C(=O)OCC(=O)Nc1cccc(S(=O)(=O)N2CCCCCC2)c1. The largest absolute Gasteiger partial charge is 0.454 e. The van der Waals surface area contributed by atoms with Crippen LogP contribution in [0.25, 0.3) is 0 Å². The highest BCUT2D eigenvalue weighted by Gasteiger charge is 2.27. The molecule has 1 fully saturated rings. The number of anilines is 1. The van der Waals surface area contributed by atoms with Crippen molar-refractivity contribution in [2.45, 2.75) is 50.5 Å². The minimum absolute atomic E-state index is 0.0997. The highest BCUT2D eigenvalue weighted by molar-refractivity contribution is 7.89. The number of sulfonamides is 1. The molecule has 0 aromatic heterocycles. The van der Waals surface area contributed by atoms with E-state index in [-0.39, 0.29) is 16.5 Å². The zero-order valence-electron chi connectivity index (χ0n) is 20.6. The minimum atomic E-state index is -3.67. The van der Waals surface area contributed by atoms with Gasteiger partial charge >= 0.3 is 5.97 Å². The van der Waals surface area contributed by atoms with Crippen molar-refractivity contribution < 1.29 is 27.5 Å². The van der Waals surface area contributed by atoms with Gasteiger partial charge in [-0.05, 0) is 49.1 Å². The predicted octanol–water partition coefficient (Wildman–Crippen LogP) is 3.19. The first-order valence-electron chi connectivity index (χ1n) is 12.1. The summed E-state index contributed by atoms with van der Waals surface area (Å²) >= 11 is 0. The number of esters is 1. The number of nitrogens with zero attached hydrogens (tertiary/aromatic N) is 1. The average molecular weight is 516 g/mol. The summed E-state index contributed by atoms with van der Waals surface area (Å²) < 4.78 is 32.7. The zero-order chi connectivity index (χ0) is 26.1. The highest BCUT2D eigenvalue weighted by atomic mass is 32.2. The molecule has 1 aliphatic heterocycles. The van der Waals surface area contributed by atoms with E-state index in [4.69, 9.17) is 4.74 Å². The Balaban J connectivity index is 1.58. The average Bonchev–Trinajstić information content (AvgIpc) is 3.16. The Morgan fingerprint density at radius 2 is 1.61 bits per heavy atom. The maximum atomic E-state index is 13.0. The molecule has 0 bridgehead atoms. The molecule has 2 aromatic rings. The van der Waals surface area contributed by atoms with Gasteiger partial charge in [-0.25, -0.2) is 13.2 Å². The first kappa shape index (κ1) is 27.3. The van der Waals surface area contributed by atoms with Crippen LogP contribution >= 0.6 is 0 Å². The number of rotatable bonds is 9. The van der Waals surface area contributed by atoms with E-state index in [0.29, 0.717) is 18.7 Å². The van der Waals surface area contributed by atoms with Crippen molar-refractivity contribution in [2.75, 3.05) is 25.0 Å². The van der Waals surface area contributed by atoms with Gasteiger partial charge in [0, 0.05) is 24.3 Å². The summed E-state index contributed by atoms with van der Waals surface area (Å²) in [6.07, 6.45) is 3.66. The van der Waals surface area contributed by atoms with Gasteiger partial charge < -0.3 is 15.4 Å². The molecule has 3 rings (SSSR count). The predicted molar refractivity (Wildman–Crippen MR) is 136 cm³/mol. The summed E-state index contributed by atoms with van der Waals surface area (Å²) in [4.78, 5) is 37.6. The van der Waals surface area contributed by atoms with Gasteiger partial charge in [0.25, 0.3) is 11.8 Å². The lowest BCUT2D eigenvalue weighted by Crippen LogP contribution is -2.45. The van der Waals surface area contributed by atoms with E-state index in [9.17, 15) is 22.8 Å². The third kappa shape index (κ3) is 7.38. The molecule has 2 amide bonds. The fourth-order valence-corrected chi connectivity index (χ4v) is 5.46. The molecule has 0 saturated carbocycles. The number of amides is 2. The van der Waals surface area contributed by atoms with Gasteiger partial charge in [-0.3, -0.25) is 9.59 Å². The topological polar surface area (TPSA) is 122 Å². The number of carbonyl (C=O) groups is 3. The van der Waals surface area contributed by atoms with Crippen LogP contribution in [0.2, 0.25) is 0 Å². The Bertz CT molecular complexity index is 1160. The van der Waals surface area contributed by atoms with Crippen molar-refractivity contribution in [1.29, 1.82) is 0 Å². The molecule has 1 aliphatic rings. The Hall–Kier alpha value is -3.24. The van der Waals surface area contributed by atoms with Crippen molar-refractivity contribution in [3.63, 3.8) is 0 Å². The number of nitrogens with one attached hydrogen (secondary N) is 2. The van der Waals surface area contributed by atoms with Crippen molar-refractivity contribution in [1.82, 2.24) is 9.62 Å². The zero-order valence-corrected chi connectivity index (χ0v) is 21.4. The Labute approximate surface area is 212 Å². The highest BCUT2D eigenvalue weighted by Crippen LogP contribution is 2.22. The second-order valence-electron chi connectivity index (χ2n) is 9.06. The lowest BCUT2D eigenvalue weighted by Gasteiger charge is -2.21. The molecule has 1 atom stereocenters. The normalized spacial score (nSPS) is 15.5. The Kier molecular flexibility index (Phi) is 9.60. The molecule has 0 aliphatic carbocycles. The van der Waals surface area contributed by atoms with Gasteiger partial charge in [-0.2, -0.15) is 4.31 Å². The Morgan fingerprint density at radius 3 is 2.25 bits per heavy atom. The van der Waals surface area contributed by atoms with E-state index in [1.807, 2.05) is 0 Å². The third-order valence-corrected chi connectivity index (χ3v) is 7.80. The molecule has 0 radical (unpaired) electrons. The quantitative estimate of drug-likeness (QED) is 0.495. The second kappa shape index (κ2) is 12.6. The summed E-state index contributed by atoms with van der Waals surface area (Å²) in [5.74, 6) is -2.04. The van der Waals surface area contributed by atoms with Crippen LogP contribution in [0.5, 0.6) is 0 Å². The standard InChI is InChI=1S/C26H33N3O6S/c1-19(2)24(28-25(31)20-11-6-5-7-12-20)26(32)35-18-23(30)27-21-13-10-14-22(17-21)36(33,34)29-15-8-3-4-9-16-29/h5-7,10-14,17,19,24H,3-4,8-9,15-16,18H2,1-2H3,(H,27,30)(H,28,31)/t24-/m0/s1. The monoisotopic (exact) mass is 515 g/mol. The van der Waals surface area contributed by atoms with E-state index < -0.39 is 40.5 Å². The molecule has 36 heavy (non-hydrogen) atoms. The molecule has 2 N–H and O–H groups in total. The second-order valence-corrected chi connectivity index (χ2v) is 11.0. The van der Waals surface area contributed by atoms with Crippen LogP contribution in [0.15, 0.2) is 59.5 Å². The molecule has 1 saturated heterocycles. The molecule has 10 heteroatoms. The van der Waals surface area contributed by atoms with Crippen LogP contribution in [-0.4, -0.2) is 56.2 Å². The van der Waals surface area contributed by atoms with Crippen LogP contribution in [0.4, 0.5) is 5.69 Å². The van der Waals surface area contributed by atoms with Crippen LogP contribution < -0.4 is 10.6 Å². The molecule has 9 nitrogen and oxygen atoms in total. The van der Waals surface area contributed by atoms with Gasteiger partial charge in [0.15, 0.2) is 6.61 Å². The van der Waals surface area contributed by atoms with Crippen molar-refractivity contribution in [2.24, 2.45) is 5.92 Å². The molecule has 0 spiro atoms. The van der Waals surface area contributed by atoms with Crippen LogP contribution in [0, 0.1) is 5.92 Å². The van der Waals surface area contributed by atoms with E-state index >= 15 is 0 Å². The summed E-state index contributed by atoms with van der Waals surface area (Å²) in [5.41, 5.74) is 0.688. The fraction of sp³-hybridized carbons (Fsp3) is 0.423. The molecular formula is C26H33N3O6S. The van der Waals surface area contributed by atoms with Crippen molar-refractivity contribution in [3.05, 3.63) is 60.2 Å². The van der Waals surface area contributed by atoms with Crippen molar-refractivity contribution >= 4 is 33.5 Å². The van der Waals surface area contributed by atoms with Crippen molar-refractivity contribution in [3.8, 4) is 0 Å². The van der Waals surface area contributed by atoms with Crippen LogP contribution in [-0.2, 0) is 24.3 Å². The first-order valence-corrected chi connectivity index (χ1v) is 13.5. The third-order valence-electron chi connectivity index (χ3n) is 5.91. The molecule has 2 aromatic carbocycles. The van der Waals surface area contributed by atoms with E-state index in [1.165, 1.54) is 16.4 Å². The summed E-state index contributed by atoms with van der Waals surface area (Å²) in [6, 6.07) is 13.6. The molecule has 1 heterocycles. The number of benzene rings is 2. The summed E-state index contributed by atoms with van der Waals surface area (Å²) in [6.45, 7) is 3.90. The maximum Gasteiger partial charge on any atom is 0.329 e. The fourth-order valence-electron chi connectivity index (χ4n) is 3.90. The molecular weight excluding hydrogens is 482 g/mol. The van der Waals surface area contributed by atoms with E-state index in [1.54, 1.807) is 56.3 Å². The lowest BCUT2D eigenvalue weighted by molar-refractivity contribution is -0.150. The van der Waals surface area contributed by atoms with Gasteiger partial charge in [-0.15, -0.1) is 0 Å². The summed E-state index contributed by atoms with van der Waals surface area (Å²) in [7, 11) is -3.67. The Morgan fingerprint density at radius 1 is 0.944 bits per heavy atom. The lowest BCUT2D eigenvalue weighted by atomic mass is 10.0. The van der Waals surface area contributed by atoms with E-state index in [0.717, 1.165) is 25.7 Å². The van der Waals surface area contributed by atoms with Gasteiger partial charge in [-0.1, -0.05) is 51.0 Å². The van der Waals surface area contributed by atoms with Gasteiger partial charge in [0.1, 0.15) is 6.04 Å². The minimum Gasteiger partial charge on any atom is -0.454 e. The van der Waals surface area contributed by atoms with Crippen LogP contribution in [0.1, 0.15) is 49.9 Å². The molecule has 0 unspecified atom stereocenters. The number of hydrogen-bond donors (Lipinski definition) is 2.